The lowest BCUT2D eigenvalue weighted by Crippen LogP contribution is -2.44. The Morgan fingerprint density at radius 3 is 2.52 bits per heavy atom. The van der Waals surface area contributed by atoms with Gasteiger partial charge in [-0.3, -0.25) is 0 Å². The first-order valence-electron chi connectivity index (χ1n) is 7.29. The van der Waals surface area contributed by atoms with E-state index in [4.69, 9.17) is 13.1 Å². The molecule has 21 heavy (non-hydrogen) atoms. The Labute approximate surface area is 138 Å². The Morgan fingerprint density at radius 1 is 1.38 bits per heavy atom. The monoisotopic (exact) mass is 328 g/mol. The lowest BCUT2D eigenvalue weighted by atomic mass is 9.75. The molecule has 0 amide bonds. The van der Waals surface area contributed by atoms with E-state index >= 15 is 0 Å². The van der Waals surface area contributed by atoms with E-state index in [0.717, 1.165) is 25.9 Å². The van der Waals surface area contributed by atoms with Gasteiger partial charge in [0.1, 0.15) is 5.60 Å². The van der Waals surface area contributed by atoms with Crippen molar-refractivity contribution in [2.45, 2.75) is 31.8 Å². The summed E-state index contributed by atoms with van der Waals surface area (Å²) < 4.78 is 16.2. The zero-order valence-electron chi connectivity index (χ0n) is 12.5. The van der Waals surface area contributed by atoms with Crippen molar-refractivity contribution < 1.29 is 13.1 Å². The number of hydrogen-bond donors (Lipinski definition) is 2. The van der Waals surface area contributed by atoms with Gasteiger partial charge in [0.25, 0.3) is 0 Å². The van der Waals surface area contributed by atoms with Crippen molar-refractivity contribution in [1.82, 2.24) is 0 Å². The number of hydrogen-bond acceptors (Lipinski definition) is 5. The van der Waals surface area contributed by atoms with Gasteiger partial charge in [0, 0.05) is 0 Å². The molecule has 1 aliphatic carbocycles. The van der Waals surface area contributed by atoms with Crippen molar-refractivity contribution in [2.24, 2.45) is 11.3 Å². The van der Waals surface area contributed by atoms with E-state index in [-0.39, 0.29) is 11.0 Å². The van der Waals surface area contributed by atoms with Gasteiger partial charge in [-0.1, -0.05) is 30.9 Å². The first-order valence-corrected chi connectivity index (χ1v) is 8.02. The molecule has 2 atom stereocenters. The summed E-state index contributed by atoms with van der Waals surface area (Å²) in [4.78, 5) is 0. The third-order valence-corrected chi connectivity index (χ3v) is 5.17. The van der Waals surface area contributed by atoms with Crippen molar-refractivity contribution in [2.75, 3.05) is 19.8 Å². The number of allylic oxidation sites excluding steroid dienone is 5. The van der Waals surface area contributed by atoms with Crippen LogP contribution in [-0.4, -0.2) is 25.4 Å². The average Bonchev–Trinajstić information content (AvgIpc) is 3.23. The topological polar surface area (TPSA) is 31.0 Å². The van der Waals surface area contributed by atoms with E-state index in [9.17, 15) is 0 Å². The third kappa shape index (κ3) is 3.27. The second kappa shape index (κ2) is 7.38. The minimum absolute atomic E-state index is 0.145. The van der Waals surface area contributed by atoms with E-state index in [2.05, 4.69) is 38.5 Å². The van der Waals surface area contributed by atoms with E-state index in [1.807, 2.05) is 25.2 Å². The molecule has 2 aliphatic rings. The molecular formula is C16H24O3S2. The van der Waals surface area contributed by atoms with E-state index in [1.165, 1.54) is 5.57 Å². The summed E-state index contributed by atoms with van der Waals surface area (Å²) in [6, 6.07) is 0. The van der Waals surface area contributed by atoms with Crippen LogP contribution < -0.4 is 0 Å². The highest BCUT2D eigenvalue weighted by molar-refractivity contribution is 7.75. The maximum atomic E-state index is 5.93. The first kappa shape index (κ1) is 17.2. The fraction of sp³-hybridized carbons (Fsp3) is 0.625. The smallest absolute Gasteiger partial charge is 0.105 e. The van der Waals surface area contributed by atoms with Gasteiger partial charge in [0.05, 0.1) is 25.2 Å². The molecule has 0 aromatic carbocycles. The molecule has 0 bridgehead atoms. The molecule has 1 saturated carbocycles. The Kier molecular flexibility index (Phi) is 6.03. The van der Waals surface area contributed by atoms with Crippen LogP contribution in [0.1, 0.15) is 26.2 Å². The van der Waals surface area contributed by atoms with E-state index in [0.29, 0.717) is 19.1 Å². The van der Waals surface area contributed by atoms with Crippen molar-refractivity contribution in [1.29, 1.82) is 0 Å². The lowest BCUT2D eigenvalue weighted by molar-refractivity contribution is 0.0238. The predicted molar refractivity (Wildman–Crippen MR) is 91.4 cm³/mol. The standard InChI is InChI=1S/C16H24O3S2/c1-3-5-6-13(4-2)9-14-7-8-15(10-18-20,11-19-21)16(14)12-17-16/h3-6,14,20-21H,2,7-12H2,1H3/b5-3-,13-6+. The van der Waals surface area contributed by atoms with Gasteiger partial charge in [-0.05, 0) is 63.5 Å². The van der Waals surface area contributed by atoms with Gasteiger partial charge < -0.3 is 13.1 Å². The highest BCUT2D eigenvalue weighted by atomic mass is 32.1. The Bertz CT molecular complexity index is 421. The molecule has 1 aliphatic heterocycles. The Balaban J connectivity index is 2.15. The Hall–Kier alpha value is -0.200. The lowest BCUT2D eigenvalue weighted by Gasteiger charge is -2.33. The summed E-state index contributed by atoms with van der Waals surface area (Å²) in [5.41, 5.74) is 0.937. The minimum Gasteiger partial charge on any atom is -0.368 e. The van der Waals surface area contributed by atoms with Crippen molar-refractivity contribution in [3.05, 3.63) is 36.5 Å². The summed E-state index contributed by atoms with van der Waals surface area (Å²) >= 11 is 7.88. The van der Waals surface area contributed by atoms with Gasteiger partial charge in [-0.2, -0.15) is 0 Å². The molecule has 0 aromatic rings. The van der Waals surface area contributed by atoms with Crippen LogP contribution in [0.4, 0.5) is 0 Å². The quantitative estimate of drug-likeness (QED) is 0.306. The zero-order chi connectivity index (χ0) is 15.3. The van der Waals surface area contributed by atoms with Crippen LogP contribution in [-0.2, 0) is 13.1 Å². The van der Waals surface area contributed by atoms with Gasteiger partial charge in [0.15, 0.2) is 0 Å². The fourth-order valence-electron chi connectivity index (χ4n) is 3.62. The highest BCUT2D eigenvalue weighted by Gasteiger charge is 2.68. The average molecular weight is 328 g/mol. The van der Waals surface area contributed by atoms with Gasteiger partial charge >= 0.3 is 0 Å². The predicted octanol–water partition coefficient (Wildman–Crippen LogP) is 3.95. The van der Waals surface area contributed by atoms with E-state index in [1.54, 1.807) is 0 Å². The summed E-state index contributed by atoms with van der Waals surface area (Å²) in [6.45, 7) is 7.74. The summed E-state index contributed by atoms with van der Waals surface area (Å²) in [6.07, 6.45) is 11.2. The molecule has 118 valence electrons. The molecule has 1 spiro atoms. The molecule has 2 unspecified atom stereocenters. The number of epoxide rings is 1. The first-order chi connectivity index (χ1) is 10.2. The van der Waals surface area contributed by atoms with Crippen LogP contribution in [0.5, 0.6) is 0 Å². The normalized spacial score (nSPS) is 31.2. The van der Waals surface area contributed by atoms with Crippen LogP contribution in [0.2, 0.25) is 0 Å². The van der Waals surface area contributed by atoms with Crippen molar-refractivity contribution in [3.8, 4) is 0 Å². The van der Waals surface area contributed by atoms with Crippen LogP contribution in [0.15, 0.2) is 36.5 Å². The zero-order valence-corrected chi connectivity index (χ0v) is 14.2. The van der Waals surface area contributed by atoms with E-state index < -0.39 is 0 Å². The van der Waals surface area contributed by atoms with Crippen LogP contribution in [0.3, 0.4) is 0 Å². The molecule has 0 N–H and O–H groups in total. The summed E-state index contributed by atoms with van der Waals surface area (Å²) in [7, 11) is 0. The number of ether oxygens (including phenoxy) is 1. The SMILES string of the molecule is C=C/C(=C\C=C/C)CC1CCC(COS)(COS)C12CO2. The molecule has 0 aromatic heterocycles. The largest absolute Gasteiger partial charge is 0.368 e. The van der Waals surface area contributed by atoms with Crippen molar-refractivity contribution >= 4 is 25.8 Å². The number of rotatable bonds is 8. The second-order valence-electron chi connectivity index (χ2n) is 5.92. The van der Waals surface area contributed by atoms with Gasteiger partial charge in [-0.25, -0.2) is 0 Å². The molecule has 2 fully saturated rings. The molecule has 0 radical (unpaired) electrons. The molecule has 5 heteroatoms. The molecule has 1 heterocycles. The van der Waals surface area contributed by atoms with Gasteiger partial charge in [0.2, 0.25) is 0 Å². The fourth-order valence-corrected chi connectivity index (χ4v) is 4.11. The summed E-state index contributed by atoms with van der Waals surface area (Å²) in [5, 5.41) is 0. The van der Waals surface area contributed by atoms with Crippen LogP contribution in [0, 0.1) is 11.3 Å². The number of thiol groups is 2. The maximum Gasteiger partial charge on any atom is 0.105 e. The highest BCUT2D eigenvalue weighted by Crippen LogP contribution is 2.61. The minimum atomic E-state index is -0.156. The van der Waals surface area contributed by atoms with Crippen molar-refractivity contribution in [3.63, 3.8) is 0 Å². The van der Waals surface area contributed by atoms with Crippen LogP contribution >= 0.6 is 25.8 Å². The molecule has 2 rings (SSSR count). The van der Waals surface area contributed by atoms with Gasteiger partial charge in [-0.15, -0.1) is 0 Å². The Morgan fingerprint density at radius 2 is 2.05 bits per heavy atom. The molecule has 1 saturated heterocycles. The maximum absolute atomic E-state index is 5.93. The third-order valence-electron chi connectivity index (χ3n) is 4.91. The van der Waals surface area contributed by atoms with Crippen LogP contribution in [0.25, 0.3) is 0 Å². The molecular weight excluding hydrogens is 304 g/mol. The molecule has 3 nitrogen and oxygen atoms in total. The summed E-state index contributed by atoms with van der Waals surface area (Å²) in [5.74, 6) is 0.457. The second-order valence-corrected chi connectivity index (χ2v) is 6.43.